The molecular formula is C21H25FN2O3S. The van der Waals surface area contributed by atoms with Crippen LogP contribution in [0.25, 0.3) is 0 Å². The van der Waals surface area contributed by atoms with Gasteiger partial charge in [-0.2, -0.15) is 0 Å². The van der Waals surface area contributed by atoms with Crippen LogP contribution < -0.4 is 5.32 Å². The topological polar surface area (TPSA) is 66.5 Å². The summed E-state index contributed by atoms with van der Waals surface area (Å²) in [6.45, 7) is 0.645. The number of sulfonamides is 1. The zero-order chi connectivity index (χ0) is 20.0. The van der Waals surface area contributed by atoms with Crippen molar-refractivity contribution in [3.8, 4) is 0 Å². The molecule has 1 saturated heterocycles. The van der Waals surface area contributed by atoms with Crippen LogP contribution >= 0.6 is 0 Å². The van der Waals surface area contributed by atoms with Crippen molar-refractivity contribution in [2.45, 2.75) is 25.7 Å². The average molecular weight is 405 g/mol. The molecule has 0 aliphatic carbocycles. The van der Waals surface area contributed by atoms with Gasteiger partial charge in [-0.3, -0.25) is 4.79 Å². The highest BCUT2D eigenvalue weighted by Gasteiger charge is 2.31. The van der Waals surface area contributed by atoms with Crippen LogP contribution in [0.1, 0.15) is 24.8 Å². The van der Waals surface area contributed by atoms with Crippen LogP contribution in [-0.2, 0) is 21.2 Å². The van der Waals surface area contributed by atoms with Crippen LogP contribution in [-0.4, -0.2) is 37.5 Å². The summed E-state index contributed by atoms with van der Waals surface area (Å²) in [4.78, 5) is 12.4. The van der Waals surface area contributed by atoms with Gasteiger partial charge in [-0.1, -0.05) is 42.5 Å². The summed E-state index contributed by atoms with van der Waals surface area (Å²) >= 11 is 0. The Balaban J connectivity index is 1.47. The molecule has 0 spiro atoms. The zero-order valence-corrected chi connectivity index (χ0v) is 16.5. The second-order valence-corrected chi connectivity index (χ2v) is 9.14. The Morgan fingerprint density at radius 2 is 1.68 bits per heavy atom. The first-order chi connectivity index (χ1) is 13.5. The van der Waals surface area contributed by atoms with Crippen molar-refractivity contribution >= 4 is 21.6 Å². The van der Waals surface area contributed by atoms with E-state index in [9.17, 15) is 17.6 Å². The first-order valence-electron chi connectivity index (χ1n) is 9.53. The number of anilines is 1. The fourth-order valence-corrected chi connectivity index (χ4v) is 4.96. The number of aryl methyl sites for hydroxylation is 1. The molecule has 28 heavy (non-hydrogen) atoms. The highest BCUT2D eigenvalue weighted by atomic mass is 32.2. The van der Waals surface area contributed by atoms with E-state index in [0.717, 1.165) is 12.0 Å². The first kappa shape index (κ1) is 20.5. The Labute approximate surface area is 165 Å². The highest BCUT2D eigenvalue weighted by Crippen LogP contribution is 2.23. The molecule has 1 N–H and O–H groups in total. The van der Waals surface area contributed by atoms with Gasteiger partial charge in [0.25, 0.3) is 0 Å². The predicted octanol–water partition coefficient (Wildman–Crippen LogP) is 3.44. The average Bonchev–Trinajstić information content (AvgIpc) is 2.70. The van der Waals surface area contributed by atoms with Crippen LogP contribution in [0.4, 0.5) is 10.1 Å². The van der Waals surface area contributed by atoms with Crippen LogP contribution in [0.5, 0.6) is 0 Å². The number of hydrogen-bond acceptors (Lipinski definition) is 3. The van der Waals surface area contributed by atoms with E-state index < -0.39 is 15.8 Å². The predicted molar refractivity (Wildman–Crippen MR) is 108 cm³/mol. The van der Waals surface area contributed by atoms with Gasteiger partial charge in [-0.15, -0.1) is 0 Å². The van der Waals surface area contributed by atoms with Crippen LogP contribution in [0.3, 0.4) is 0 Å². The summed E-state index contributed by atoms with van der Waals surface area (Å²) in [5.74, 6) is -0.940. The van der Waals surface area contributed by atoms with Gasteiger partial charge in [0.05, 0.1) is 11.4 Å². The quantitative estimate of drug-likeness (QED) is 0.769. The maximum atomic E-state index is 13.7. The molecule has 7 heteroatoms. The van der Waals surface area contributed by atoms with Gasteiger partial charge in [-0.05, 0) is 43.4 Å². The Hall–Kier alpha value is -2.25. The molecule has 1 amide bonds. The molecule has 150 valence electrons. The summed E-state index contributed by atoms with van der Waals surface area (Å²) in [6.07, 6.45) is 2.18. The van der Waals surface area contributed by atoms with Gasteiger partial charge in [-0.25, -0.2) is 17.1 Å². The number of hydrogen-bond donors (Lipinski definition) is 1. The standard InChI is InChI=1S/C21H25FN2O3S/c22-19-10-4-5-11-20(19)23-21(25)18-12-14-24(15-13-18)28(26,27)16-6-9-17-7-2-1-3-8-17/h1-5,7-8,10-11,18H,6,9,12-16H2,(H,23,25). The minimum absolute atomic E-state index is 0.105. The van der Waals surface area contributed by atoms with E-state index in [4.69, 9.17) is 0 Å². The van der Waals surface area contributed by atoms with Crippen molar-refractivity contribution in [2.24, 2.45) is 5.92 Å². The van der Waals surface area contributed by atoms with Crippen molar-refractivity contribution in [3.05, 3.63) is 66.0 Å². The van der Waals surface area contributed by atoms with Gasteiger partial charge < -0.3 is 5.32 Å². The van der Waals surface area contributed by atoms with Gasteiger partial charge in [0.2, 0.25) is 15.9 Å². The minimum atomic E-state index is -3.33. The molecule has 1 heterocycles. The molecule has 1 aliphatic heterocycles. The molecule has 0 bridgehead atoms. The monoisotopic (exact) mass is 404 g/mol. The van der Waals surface area contributed by atoms with Crippen LogP contribution in [0.15, 0.2) is 54.6 Å². The fourth-order valence-electron chi connectivity index (χ4n) is 3.43. The molecule has 1 fully saturated rings. The smallest absolute Gasteiger partial charge is 0.227 e. The zero-order valence-electron chi connectivity index (χ0n) is 15.7. The van der Waals surface area contributed by atoms with Crippen LogP contribution in [0, 0.1) is 11.7 Å². The van der Waals surface area contributed by atoms with E-state index in [1.807, 2.05) is 30.3 Å². The van der Waals surface area contributed by atoms with Crippen molar-refractivity contribution in [3.63, 3.8) is 0 Å². The third-order valence-electron chi connectivity index (χ3n) is 5.06. The SMILES string of the molecule is O=C(Nc1ccccc1F)C1CCN(S(=O)(=O)CCCc2ccccc2)CC1. The first-order valence-corrected chi connectivity index (χ1v) is 11.1. The summed E-state index contributed by atoms with van der Waals surface area (Å²) in [7, 11) is -3.33. The number of halogens is 1. The maximum Gasteiger partial charge on any atom is 0.227 e. The Morgan fingerprint density at radius 1 is 1.04 bits per heavy atom. The lowest BCUT2D eigenvalue weighted by atomic mass is 9.97. The number of nitrogens with zero attached hydrogens (tertiary/aromatic N) is 1. The normalized spacial score (nSPS) is 16.0. The largest absolute Gasteiger partial charge is 0.323 e. The number of benzene rings is 2. The van der Waals surface area contributed by atoms with Gasteiger partial charge in [0, 0.05) is 19.0 Å². The minimum Gasteiger partial charge on any atom is -0.323 e. The highest BCUT2D eigenvalue weighted by molar-refractivity contribution is 7.89. The lowest BCUT2D eigenvalue weighted by molar-refractivity contribution is -0.120. The van der Waals surface area contributed by atoms with Crippen molar-refractivity contribution in [1.29, 1.82) is 0 Å². The van der Waals surface area contributed by atoms with Gasteiger partial charge >= 0.3 is 0 Å². The van der Waals surface area contributed by atoms with E-state index in [-0.39, 0.29) is 23.3 Å². The summed E-state index contributed by atoms with van der Waals surface area (Å²) < 4.78 is 40.3. The number of piperidine rings is 1. The summed E-state index contributed by atoms with van der Waals surface area (Å²) in [6, 6.07) is 15.8. The molecule has 5 nitrogen and oxygen atoms in total. The number of rotatable bonds is 7. The third kappa shape index (κ3) is 5.39. The van der Waals surface area contributed by atoms with E-state index >= 15 is 0 Å². The van der Waals surface area contributed by atoms with Crippen molar-refractivity contribution in [2.75, 3.05) is 24.2 Å². The lowest BCUT2D eigenvalue weighted by Crippen LogP contribution is -2.42. The van der Waals surface area contributed by atoms with E-state index in [1.54, 1.807) is 12.1 Å². The van der Waals surface area contributed by atoms with Crippen molar-refractivity contribution < 1.29 is 17.6 Å². The van der Waals surface area contributed by atoms with Gasteiger partial charge in [0.15, 0.2) is 0 Å². The third-order valence-corrected chi connectivity index (χ3v) is 7.02. The number of amides is 1. The Morgan fingerprint density at radius 3 is 2.36 bits per heavy atom. The number of nitrogens with one attached hydrogen (secondary N) is 1. The molecule has 0 radical (unpaired) electrons. The summed E-state index contributed by atoms with van der Waals surface area (Å²) in [5, 5.41) is 2.60. The molecule has 0 atom stereocenters. The molecule has 1 aliphatic rings. The molecule has 2 aromatic rings. The summed E-state index contributed by atoms with van der Waals surface area (Å²) in [5.41, 5.74) is 1.28. The Bertz CT molecular complexity index is 895. The molecule has 3 rings (SSSR count). The second-order valence-electron chi connectivity index (χ2n) is 7.05. The van der Waals surface area contributed by atoms with Gasteiger partial charge in [0.1, 0.15) is 5.82 Å². The Kier molecular flexibility index (Phi) is 6.80. The van der Waals surface area contributed by atoms with Crippen molar-refractivity contribution in [1.82, 2.24) is 4.31 Å². The molecule has 2 aromatic carbocycles. The van der Waals surface area contributed by atoms with E-state index in [1.165, 1.54) is 16.4 Å². The second kappa shape index (κ2) is 9.30. The lowest BCUT2D eigenvalue weighted by Gasteiger charge is -2.30. The maximum absolute atomic E-state index is 13.7. The number of para-hydroxylation sites is 1. The molecular weight excluding hydrogens is 379 g/mol. The van der Waals surface area contributed by atoms with E-state index in [0.29, 0.717) is 32.4 Å². The molecule has 0 unspecified atom stereocenters. The molecule has 0 saturated carbocycles. The molecule has 0 aromatic heterocycles. The number of carbonyl (C=O) groups excluding carboxylic acids is 1. The van der Waals surface area contributed by atoms with Crippen LogP contribution in [0.2, 0.25) is 0 Å². The van der Waals surface area contributed by atoms with E-state index in [2.05, 4.69) is 5.32 Å². The number of carbonyl (C=O) groups is 1. The fraction of sp³-hybridized carbons (Fsp3) is 0.381.